The molecule has 0 bridgehead atoms. The van der Waals surface area contributed by atoms with Gasteiger partial charge in [0.1, 0.15) is 28.9 Å². The van der Waals surface area contributed by atoms with Crippen LogP contribution in [0, 0.1) is 0 Å². The van der Waals surface area contributed by atoms with Gasteiger partial charge in [0.2, 0.25) is 0 Å². The Balaban J connectivity index is 1.89. The predicted molar refractivity (Wildman–Crippen MR) is 82.8 cm³/mol. The molecule has 2 aliphatic heterocycles. The molecule has 0 spiro atoms. The van der Waals surface area contributed by atoms with E-state index in [1.807, 2.05) is 0 Å². The summed E-state index contributed by atoms with van der Waals surface area (Å²) in [6, 6.07) is 4.76. The summed E-state index contributed by atoms with van der Waals surface area (Å²) >= 11 is 0. The molecule has 0 saturated carbocycles. The van der Waals surface area contributed by atoms with Crippen LogP contribution in [-0.2, 0) is 21.4 Å². The molecule has 8 heteroatoms. The lowest BCUT2D eigenvalue weighted by atomic mass is 10.1. The third kappa shape index (κ3) is 2.85. The average molecular weight is 330 g/mol. The number of methoxy groups -OCH3 is 1. The molecule has 1 aromatic rings. The van der Waals surface area contributed by atoms with Crippen LogP contribution in [0.4, 0.5) is 0 Å². The van der Waals surface area contributed by atoms with Crippen molar-refractivity contribution in [3.05, 3.63) is 34.8 Å². The Morgan fingerprint density at radius 2 is 2.00 bits per heavy atom. The van der Waals surface area contributed by atoms with Gasteiger partial charge in [-0.25, -0.2) is 4.68 Å². The van der Waals surface area contributed by atoms with Crippen molar-refractivity contribution < 1.29 is 23.5 Å². The summed E-state index contributed by atoms with van der Waals surface area (Å²) in [5.41, 5.74) is 1.06. The van der Waals surface area contributed by atoms with Crippen LogP contribution < -0.4 is 10.3 Å². The maximum absolute atomic E-state index is 11.9. The number of nitrogens with zero attached hydrogens (tertiary/aromatic N) is 2. The molecule has 0 saturated heterocycles. The Morgan fingerprint density at radius 1 is 1.25 bits per heavy atom. The molecule has 0 amide bonds. The summed E-state index contributed by atoms with van der Waals surface area (Å²) in [6.45, 7) is 0. The molecule has 1 aromatic carbocycles. The molecule has 124 valence electrons. The van der Waals surface area contributed by atoms with Crippen molar-refractivity contribution in [1.29, 1.82) is 0 Å². The van der Waals surface area contributed by atoms with Crippen molar-refractivity contribution in [3.63, 3.8) is 0 Å². The zero-order valence-electron chi connectivity index (χ0n) is 13.1. The fraction of sp³-hybridized carbons (Fsp3) is 0.250. The number of esters is 2. The van der Waals surface area contributed by atoms with Gasteiger partial charge in [-0.05, 0) is 18.2 Å². The lowest BCUT2D eigenvalue weighted by Gasteiger charge is -2.06. The van der Waals surface area contributed by atoms with E-state index >= 15 is 0 Å². The molecular weight excluding hydrogens is 316 g/mol. The third-order valence-electron chi connectivity index (χ3n) is 3.53. The summed E-state index contributed by atoms with van der Waals surface area (Å²) in [4.78, 5) is 34.7. The summed E-state index contributed by atoms with van der Waals surface area (Å²) < 4.78 is 16.3. The van der Waals surface area contributed by atoms with E-state index in [2.05, 4.69) is 9.84 Å². The zero-order valence-corrected chi connectivity index (χ0v) is 13.1. The molecule has 0 radical (unpaired) electrons. The quantitative estimate of drug-likeness (QED) is 0.527. The van der Waals surface area contributed by atoms with E-state index in [4.69, 9.17) is 9.15 Å². The summed E-state index contributed by atoms with van der Waals surface area (Å²) in [6.07, 6.45) is 1.21. The first kappa shape index (κ1) is 15.7. The molecule has 0 aliphatic carbocycles. The molecule has 0 unspecified atom stereocenters. The molecule has 2 heterocycles. The Kier molecular flexibility index (Phi) is 4.03. The fourth-order valence-corrected chi connectivity index (χ4v) is 2.30. The highest BCUT2D eigenvalue weighted by atomic mass is 16.5. The minimum absolute atomic E-state index is 0.0533. The van der Waals surface area contributed by atoms with Crippen LogP contribution in [0.5, 0.6) is 5.75 Å². The minimum atomic E-state index is -0.561. The van der Waals surface area contributed by atoms with E-state index in [0.29, 0.717) is 22.2 Å². The molecule has 0 atom stereocenters. The van der Waals surface area contributed by atoms with Crippen LogP contribution in [-0.4, -0.2) is 28.8 Å². The third-order valence-corrected chi connectivity index (χ3v) is 3.53. The van der Waals surface area contributed by atoms with Gasteiger partial charge in [-0.15, -0.1) is 0 Å². The maximum atomic E-state index is 11.9. The number of ether oxygens (including phenoxy) is 2. The van der Waals surface area contributed by atoms with Crippen molar-refractivity contribution in [3.8, 4) is 17.0 Å². The molecule has 2 aliphatic rings. The summed E-state index contributed by atoms with van der Waals surface area (Å²) in [5.74, 6) is -0.769. The molecule has 0 N–H and O–H groups in total. The van der Waals surface area contributed by atoms with Crippen LogP contribution in [0.1, 0.15) is 12.8 Å². The van der Waals surface area contributed by atoms with Crippen LogP contribution >= 0.6 is 0 Å². The first-order valence-corrected chi connectivity index (χ1v) is 7.15. The second kappa shape index (κ2) is 6.15. The van der Waals surface area contributed by atoms with Crippen LogP contribution in [0.2, 0.25) is 0 Å². The van der Waals surface area contributed by atoms with Crippen molar-refractivity contribution in [1.82, 2.24) is 9.78 Å². The molecule has 24 heavy (non-hydrogen) atoms. The van der Waals surface area contributed by atoms with E-state index in [-0.39, 0.29) is 24.2 Å². The normalized spacial score (nSPS) is 10.9. The predicted octanol–water partition coefficient (Wildman–Crippen LogP) is 1.49. The van der Waals surface area contributed by atoms with Crippen molar-refractivity contribution in [2.45, 2.75) is 12.8 Å². The maximum Gasteiger partial charge on any atom is 0.311 e. The average Bonchev–Trinajstić information content (AvgIpc) is 2.88. The first-order chi connectivity index (χ1) is 11.5. The number of rotatable bonds is 4. The number of carbonyl (C=O) groups is 2. The largest absolute Gasteiger partial charge is 0.469 e. The number of carbonyl (C=O) groups excluding carboxylic acids is 2. The standard InChI is InChI=1S/C16H14N2O6/c1-18-16(21)11-8-23-12-4-3-9(7-10(12)15(11)17-18)24-14(20)6-5-13(19)22-2/h3-4,7-8H,5-6H2,1-2H3. The number of hydrogen-bond acceptors (Lipinski definition) is 7. The second-order valence-corrected chi connectivity index (χ2v) is 5.13. The lowest BCUT2D eigenvalue weighted by molar-refractivity contribution is -0.144. The SMILES string of the molecule is COC(=O)CCC(=O)Oc1ccc2occ3c(=O)n(C)nc-3c2c1. The van der Waals surface area contributed by atoms with Gasteiger partial charge in [-0.3, -0.25) is 14.4 Å². The van der Waals surface area contributed by atoms with E-state index < -0.39 is 11.9 Å². The van der Waals surface area contributed by atoms with E-state index in [9.17, 15) is 14.4 Å². The number of fused-ring (bicyclic) bond motifs is 3. The highest BCUT2D eigenvalue weighted by molar-refractivity contribution is 5.93. The van der Waals surface area contributed by atoms with Gasteiger partial charge < -0.3 is 13.9 Å². The molecule has 0 fully saturated rings. The van der Waals surface area contributed by atoms with Crippen molar-refractivity contribution in [2.24, 2.45) is 7.05 Å². The van der Waals surface area contributed by atoms with Gasteiger partial charge in [0.05, 0.1) is 20.0 Å². The molecule has 3 rings (SSSR count). The minimum Gasteiger partial charge on any atom is -0.469 e. The van der Waals surface area contributed by atoms with Crippen molar-refractivity contribution in [2.75, 3.05) is 7.11 Å². The van der Waals surface area contributed by atoms with Gasteiger partial charge in [0.25, 0.3) is 5.56 Å². The molecular formula is C16H14N2O6. The molecule has 8 nitrogen and oxygen atoms in total. The number of aromatic nitrogens is 2. The summed E-state index contributed by atoms with van der Waals surface area (Å²) in [7, 11) is 2.80. The van der Waals surface area contributed by atoms with Gasteiger partial charge in [-0.1, -0.05) is 0 Å². The molecule has 0 aromatic heterocycles. The van der Waals surface area contributed by atoms with Crippen LogP contribution in [0.25, 0.3) is 22.2 Å². The van der Waals surface area contributed by atoms with Crippen molar-refractivity contribution >= 4 is 22.9 Å². The van der Waals surface area contributed by atoms with Gasteiger partial charge in [0, 0.05) is 12.4 Å². The summed E-state index contributed by atoms with van der Waals surface area (Å²) in [5, 5.41) is 4.73. The van der Waals surface area contributed by atoms with Gasteiger partial charge >= 0.3 is 11.9 Å². The smallest absolute Gasteiger partial charge is 0.311 e. The van der Waals surface area contributed by atoms with E-state index in [1.165, 1.54) is 18.1 Å². The Hall–Kier alpha value is -3.16. The highest BCUT2D eigenvalue weighted by Gasteiger charge is 2.19. The second-order valence-electron chi connectivity index (χ2n) is 5.13. The first-order valence-electron chi connectivity index (χ1n) is 7.15. The Labute approximate surface area is 135 Å². The van der Waals surface area contributed by atoms with E-state index in [1.54, 1.807) is 25.2 Å². The number of hydrogen-bond donors (Lipinski definition) is 0. The zero-order chi connectivity index (χ0) is 17.3. The van der Waals surface area contributed by atoms with Crippen LogP contribution in [0.3, 0.4) is 0 Å². The lowest BCUT2D eigenvalue weighted by Crippen LogP contribution is -2.11. The Morgan fingerprint density at radius 3 is 2.75 bits per heavy atom. The number of benzene rings is 1. The van der Waals surface area contributed by atoms with Gasteiger partial charge in [-0.2, -0.15) is 5.10 Å². The Bertz CT molecular complexity index is 955. The van der Waals surface area contributed by atoms with E-state index in [0.717, 1.165) is 0 Å². The van der Waals surface area contributed by atoms with Crippen LogP contribution in [0.15, 0.2) is 33.7 Å². The number of aryl methyl sites for hydroxylation is 1. The monoisotopic (exact) mass is 330 g/mol. The highest BCUT2D eigenvalue weighted by Crippen LogP contribution is 2.30. The fourth-order valence-electron chi connectivity index (χ4n) is 2.30. The topological polar surface area (TPSA) is 101 Å². The van der Waals surface area contributed by atoms with Gasteiger partial charge in [0.15, 0.2) is 0 Å².